The number of rotatable bonds is 5. The Hall–Kier alpha value is -2.01. The lowest BCUT2D eigenvalue weighted by atomic mass is 10.2. The molecule has 0 fully saturated rings. The Labute approximate surface area is 115 Å². The number of aryl methyl sites for hydroxylation is 1. The Morgan fingerprint density at radius 3 is 2.79 bits per heavy atom. The van der Waals surface area contributed by atoms with Crippen molar-refractivity contribution in [2.75, 3.05) is 12.4 Å². The Kier molecular flexibility index (Phi) is 4.06. The van der Waals surface area contributed by atoms with Crippen LogP contribution in [0.5, 0.6) is 5.75 Å². The van der Waals surface area contributed by atoms with Gasteiger partial charge in [0.1, 0.15) is 10.6 Å². The first-order valence-corrected chi connectivity index (χ1v) is 6.62. The molecule has 0 aliphatic carbocycles. The van der Waals surface area contributed by atoms with Gasteiger partial charge in [-0.05, 0) is 30.7 Å². The van der Waals surface area contributed by atoms with Gasteiger partial charge in [0.25, 0.3) is 0 Å². The van der Waals surface area contributed by atoms with Gasteiger partial charge in [-0.3, -0.25) is 0 Å². The van der Waals surface area contributed by atoms with E-state index in [4.69, 9.17) is 9.84 Å². The molecule has 0 spiro atoms. The third kappa shape index (κ3) is 3.26. The average Bonchev–Trinajstić information content (AvgIpc) is 2.87. The highest BCUT2D eigenvalue weighted by molar-refractivity contribution is 7.13. The average molecular weight is 277 g/mol. The maximum atomic E-state index is 10.8. The van der Waals surface area contributed by atoms with Crippen LogP contribution in [0.1, 0.15) is 20.1 Å². The summed E-state index contributed by atoms with van der Waals surface area (Å²) in [6.45, 7) is 2.62. The largest absolute Gasteiger partial charge is 0.497 e. The van der Waals surface area contributed by atoms with Crippen molar-refractivity contribution < 1.29 is 14.6 Å². The molecule has 0 amide bonds. The summed E-state index contributed by atoms with van der Waals surface area (Å²) >= 11 is 1.28. The highest BCUT2D eigenvalue weighted by Gasteiger charge is 2.07. The number of carboxylic acids is 1. The minimum absolute atomic E-state index is 0.360. The molecule has 1 aromatic carbocycles. The molecule has 5 heteroatoms. The molecule has 100 valence electrons. The van der Waals surface area contributed by atoms with Gasteiger partial charge in [-0.1, -0.05) is 6.07 Å². The van der Waals surface area contributed by atoms with E-state index in [0.29, 0.717) is 11.4 Å². The quantitative estimate of drug-likeness (QED) is 0.879. The smallest absolute Gasteiger partial charge is 0.345 e. The van der Waals surface area contributed by atoms with Gasteiger partial charge in [-0.2, -0.15) is 0 Å². The van der Waals surface area contributed by atoms with Crippen molar-refractivity contribution in [3.8, 4) is 5.75 Å². The van der Waals surface area contributed by atoms with Crippen molar-refractivity contribution >= 4 is 23.0 Å². The van der Waals surface area contributed by atoms with Crippen LogP contribution in [0.4, 0.5) is 5.69 Å². The molecule has 2 rings (SSSR count). The first-order valence-electron chi connectivity index (χ1n) is 5.80. The number of benzene rings is 1. The second-order valence-electron chi connectivity index (χ2n) is 4.11. The van der Waals surface area contributed by atoms with Crippen LogP contribution in [-0.4, -0.2) is 18.2 Å². The highest BCUT2D eigenvalue weighted by atomic mass is 32.1. The van der Waals surface area contributed by atoms with Crippen molar-refractivity contribution in [1.29, 1.82) is 0 Å². The third-order valence-electron chi connectivity index (χ3n) is 2.77. The monoisotopic (exact) mass is 277 g/mol. The number of anilines is 1. The minimum Gasteiger partial charge on any atom is -0.497 e. The van der Waals surface area contributed by atoms with E-state index in [1.807, 2.05) is 31.2 Å². The third-order valence-corrected chi connectivity index (χ3v) is 3.84. The topological polar surface area (TPSA) is 58.6 Å². The standard InChI is InChI=1S/C14H15NO3S/c1-9-3-4-10(18-2)7-12(9)15-8-11-5-6-13(19-11)14(16)17/h3-7,15H,8H2,1-2H3,(H,16,17). The molecule has 1 heterocycles. The van der Waals surface area contributed by atoms with E-state index in [1.54, 1.807) is 13.2 Å². The van der Waals surface area contributed by atoms with Gasteiger partial charge in [0.05, 0.1) is 7.11 Å². The number of nitrogens with one attached hydrogen (secondary N) is 1. The van der Waals surface area contributed by atoms with Crippen molar-refractivity contribution in [1.82, 2.24) is 0 Å². The molecule has 0 aliphatic rings. The summed E-state index contributed by atoms with van der Waals surface area (Å²) < 4.78 is 5.18. The molecule has 0 atom stereocenters. The SMILES string of the molecule is COc1ccc(C)c(NCc2ccc(C(=O)O)s2)c1. The lowest BCUT2D eigenvalue weighted by Gasteiger charge is -2.10. The fourth-order valence-electron chi connectivity index (χ4n) is 1.69. The predicted molar refractivity (Wildman–Crippen MR) is 76.3 cm³/mol. The van der Waals surface area contributed by atoms with Crippen LogP contribution in [0.3, 0.4) is 0 Å². The van der Waals surface area contributed by atoms with Crippen molar-refractivity contribution in [3.63, 3.8) is 0 Å². The molecule has 19 heavy (non-hydrogen) atoms. The molecule has 0 aliphatic heterocycles. The fourth-order valence-corrected chi connectivity index (χ4v) is 2.48. The number of hydrogen-bond acceptors (Lipinski definition) is 4. The first kappa shape index (κ1) is 13.4. The second kappa shape index (κ2) is 5.75. The van der Waals surface area contributed by atoms with Gasteiger partial charge >= 0.3 is 5.97 Å². The molecule has 0 radical (unpaired) electrons. The molecule has 0 unspecified atom stereocenters. The van der Waals surface area contributed by atoms with Crippen molar-refractivity contribution in [2.24, 2.45) is 0 Å². The molecule has 0 bridgehead atoms. The molecule has 2 aromatic rings. The highest BCUT2D eigenvalue weighted by Crippen LogP contribution is 2.23. The summed E-state index contributed by atoms with van der Waals surface area (Å²) in [4.78, 5) is 12.1. The van der Waals surface area contributed by atoms with Gasteiger partial charge in [-0.15, -0.1) is 11.3 Å². The number of carboxylic acid groups (broad SMARTS) is 1. The minimum atomic E-state index is -0.881. The maximum absolute atomic E-state index is 10.8. The zero-order valence-corrected chi connectivity index (χ0v) is 11.6. The molecule has 0 saturated carbocycles. The zero-order chi connectivity index (χ0) is 13.8. The van der Waals surface area contributed by atoms with Gasteiger partial charge in [-0.25, -0.2) is 4.79 Å². The van der Waals surface area contributed by atoms with E-state index in [0.717, 1.165) is 21.9 Å². The lowest BCUT2D eigenvalue weighted by Crippen LogP contribution is -1.99. The van der Waals surface area contributed by atoms with Gasteiger partial charge in [0.2, 0.25) is 0 Å². The van der Waals surface area contributed by atoms with Gasteiger partial charge in [0.15, 0.2) is 0 Å². The summed E-state index contributed by atoms with van der Waals surface area (Å²) in [6.07, 6.45) is 0. The van der Waals surface area contributed by atoms with E-state index in [9.17, 15) is 4.79 Å². The van der Waals surface area contributed by atoms with Crippen LogP contribution in [0.2, 0.25) is 0 Å². The molecule has 0 saturated heterocycles. The molecule has 1 aromatic heterocycles. The van der Waals surface area contributed by atoms with Crippen LogP contribution >= 0.6 is 11.3 Å². The number of hydrogen-bond donors (Lipinski definition) is 2. The van der Waals surface area contributed by atoms with Crippen molar-refractivity contribution in [3.05, 3.63) is 45.6 Å². The Morgan fingerprint density at radius 1 is 1.37 bits per heavy atom. The van der Waals surface area contributed by atoms with E-state index < -0.39 is 5.97 Å². The Balaban J connectivity index is 2.07. The Bertz CT molecular complexity index is 592. The number of ether oxygens (including phenoxy) is 1. The van der Waals surface area contributed by atoms with Crippen LogP contribution < -0.4 is 10.1 Å². The van der Waals surface area contributed by atoms with Crippen LogP contribution in [0.15, 0.2) is 30.3 Å². The molecule has 2 N–H and O–H groups in total. The van der Waals surface area contributed by atoms with Gasteiger partial charge < -0.3 is 15.2 Å². The summed E-state index contributed by atoms with van der Waals surface area (Å²) in [5.74, 6) is -0.0840. The summed E-state index contributed by atoms with van der Waals surface area (Å²) in [7, 11) is 1.63. The van der Waals surface area contributed by atoms with E-state index >= 15 is 0 Å². The Morgan fingerprint density at radius 2 is 2.16 bits per heavy atom. The summed E-state index contributed by atoms with van der Waals surface area (Å²) in [6, 6.07) is 9.28. The maximum Gasteiger partial charge on any atom is 0.345 e. The summed E-state index contributed by atoms with van der Waals surface area (Å²) in [5, 5.41) is 12.2. The molecular weight excluding hydrogens is 262 g/mol. The second-order valence-corrected chi connectivity index (χ2v) is 5.27. The number of methoxy groups -OCH3 is 1. The van der Waals surface area contributed by atoms with Crippen LogP contribution in [0.25, 0.3) is 0 Å². The zero-order valence-electron chi connectivity index (χ0n) is 10.8. The van der Waals surface area contributed by atoms with E-state index in [1.165, 1.54) is 11.3 Å². The molecule has 4 nitrogen and oxygen atoms in total. The number of aromatic carboxylic acids is 1. The first-order chi connectivity index (χ1) is 9.10. The lowest BCUT2D eigenvalue weighted by molar-refractivity contribution is 0.0702. The van der Waals surface area contributed by atoms with E-state index in [-0.39, 0.29) is 0 Å². The predicted octanol–water partition coefficient (Wildman–Crippen LogP) is 3.38. The number of thiophene rings is 1. The normalized spacial score (nSPS) is 10.2. The van der Waals surface area contributed by atoms with Gasteiger partial charge in [0, 0.05) is 23.2 Å². The number of carbonyl (C=O) groups is 1. The van der Waals surface area contributed by atoms with Crippen LogP contribution in [0, 0.1) is 6.92 Å². The van der Waals surface area contributed by atoms with Crippen LogP contribution in [-0.2, 0) is 6.54 Å². The summed E-state index contributed by atoms with van der Waals surface area (Å²) in [5.41, 5.74) is 2.11. The molecular formula is C14H15NO3S. The van der Waals surface area contributed by atoms with Crippen molar-refractivity contribution in [2.45, 2.75) is 13.5 Å². The van der Waals surface area contributed by atoms with E-state index in [2.05, 4.69) is 5.32 Å². The fraction of sp³-hybridized carbons (Fsp3) is 0.214.